The van der Waals surface area contributed by atoms with Crippen molar-refractivity contribution in [3.63, 3.8) is 0 Å². The number of rotatable bonds is 3. The van der Waals surface area contributed by atoms with E-state index in [0.29, 0.717) is 31.4 Å². The predicted octanol–water partition coefficient (Wildman–Crippen LogP) is 2.44. The molecule has 1 fully saturated rings. The molecular weight excluding hydrogens is 259 g/mol. The third kappa shape index (κ3) is 3.36. The highest BCUT2D eigenvalue weighted by atomic mass is 19.1. The van der Waals surface area contributed by atoms with Gasteiger partial charge < -0.3 is 15.0 Å². The van der Waals surface area contributed by atoms with Crippen molar-refractivity contribution in [2.75, 3.05) is 29.9 Å². The average molecular weight is 282 g/mol. The molecule has 1 N–H and O–H groups in total. The third-order valence-corrected chi connectivity index (χ3v) is 3.06. The Balaban J connectivity index is 2.32. The zero-order chi connectivity index (χ0) is 15.0. The number of aromatic nitrogens is 2. The highest BCUT2D eigenvalue weighted by Gasteiger charge is 2.39. The second-order valence-corrected chi connectivity index (χ2v) is 6.37. The number of anilines is 2. The van der Waals surface area contributed by atoms with E-state index < -0.39 is 5.82 Å². The molecule has 0 saturated carbocycles. The molecule has 0 spiro atoms. The van der Waals surface area contributed by atoms with E-state index in [1.54, 1.807) is 0 Å². The molecule has 6 heteroatoms. The summed E-state index contributed by atoms with van der Waals surface area (Å²) in [5.41, 5.74) is -0.699. The molecule has 2 rings (SSSR count). The standard InChI is InChI=1S/C14H23FN4O/c1-6-16-12-17-7-10(15)11(18-12)19-8-13(2,3)20-14(4,5)9-19/h7H,6,8-9H2,1-5H3,(H,16,17,18). The molecule has 1 aliphatic rings. The molecule has 1 aromatic heterocycles. The molecule has 0 aliphatic carbocycles. The number of nitrogens with one attached hydrogen (secondary N) is 1. The van der Waals surface area contributed by atoms with Gasteiger partial charge in [-0.15, -0.1) is 0 Å². The first-order valence-electron chi connectivity index (χ1n) is 6.94. The van der Waals surface area contributed by atoms with Gasteiger partial charge >= 0.3 is 0 Å². The lowest BCUT2D eigenvalue weighted by Crippen LogP contribution is -2.57. The molecule has 0 radical (unpaired) electrons. The molecule has 0 unspecified atom stereocenters. The maximum atomic E-state index is 14.1. The van der Waals surface area contributed by atoms with Crippen molar-refractivity contribution in [2.45, 2.75) is 45.8 Å². The highest BCUT2D eigenvalue weighted by Crippen LogP contribution is 2.31. The smallest absolute Gasteiger partial charge is 0.224 e. The summed E-state index contributed by atoms with van der Waals surface area (Å²) in [6.07, 6.45) is 1.22. The van der Waals surface area contributed by atoms with E-state index in [9.17, 15) is 4.39 Å². The number of hydrogen-bond donors (Lipinski definition) is 1. The Hall–Kier alpha value is -1.43. The van der Waals surface area contributed by atoms with Crippen LogP contribution in [0.2, 0.25) is 0 Å². The van der Waals surface area contributed by atoms with Gasteiger partial charge in [-0.1, -0.05) is 0 Å². The van der Waals surface area contributed by atoms with Gasteiger partial charge in [0.1, 0.15) is 0 Å². The van der Waals surface area contributed by atoms with Crippen LogP contribution < -0.4 is 10.2 Å². The first kappa shape index (κ1) is 15.0. The topological polar surface area (TPSA) is 50.3 Å². The van der Waals surface area contributed by atoms with Crippen LogP contribution in [0.5, 0.6) is 0 Å². The first-order valence-corrected chi connectivity index (χ1v) is 6.94. The summed E-state index contributed by atoms with van der Waals surface area (Å²) in [7, 11) is 0. The molecule has 2 heterocycles. The second-order valence-electron chi connectivity index (χ2n) is 6.37. The van der Waals surface area contributed by atoms with Crippen molar-refractivity contribution < 1.29 is 9.13 Å². The van der Waals surface area contributed by atoms with Crippen molar-refractivity contribution in [3.05, 3.63) is 12.0 Å². The van der Waals surface area contributed by atoms with Gasteiger partial charge in [0.05, 0.1) is 17.4 Å². The second kappa shape index (κ2) is 5.16. The third-order valence-electron chi connectivity index (χ3n) is 3.06. The van der Waals surface area contributed by atoms with Gasteiger partial charge in [-0.3, -0.25) is 0 Å². The number of halogens is 1. The van der Waals surface area contributed by atoms with Crippen LogP contribution in [0.1, 0.15) is 34.6 Å². The maximum Gasteiger partial charge on any atom is 0.224 e. The van der Waals surface area contributed by atoms with E-state index in [2.05, 4.69) is 15.3 Å². The number of hydrogen-bond acceptors (Lipinski definition) is 5. The Morgan fingerprint density at radius 3 is 2.45 bits per heavy atom. The summed E-state index contributed by atoms with van der Waals surface area (Å²) < 4.78 is 20.1. The number of morpholine rings is 1. The number of ether oxygens (including phenoxy) is 1. The van der Waals surface area contributed by atoms with E-state index in [-0.39, 0.29) is 11.2 Å². The van der Waals surface area contributed by atoms with Crippen molar-refractivity contribution >= 4 is 11.8 Å². The lowest BCUT2D eigenvalue weighted by atomic mass is 9.99. The fraction of sp³-hybridized carbons (Fsp3) is 0.714. The Labute approximate surface area is 119 Å². The largest absolute Gasteiger partial charge is 0.366 e. The van der Waals surface area contributed by atoms with Crippen LogP contribution in [0.3, 0.4) is 0 Å². The molecule has 0 amide bonds. The van der Waals surface area contributed by atoms with Crippen molar-refractivity contribution in [1.29, 1.82) is 0 Å². The van der Waals surface area contributed by atoms with Crippen LogP contribution in [0, 0.1) is 5.82 Å². The SMILES string of the molecule is CCNc1ncc(F)c(N2CC(C)(C)OC(C)(C)C2)n1. The summed E-state index contributed by atoms with van der Waals surface area (Å²) in [6.45, 7) is 11.9. The molecule has 0 bridgehead atoms. The van der Waals surface area contributed by atoms with Gasteiger partial charge in [0, 0.05) is 19.6 Å². The fourth-order valence-corrected chi connectivity index (χ4v) is 2.76. The van der Waals surface area contributed by atoms with E-state index in [1.807, 2.05) is 39.5 Å². The van der Waals surface area contributed by atoms with E-state index in [0.717, 1.165) is 0 Å². The first-order chi connectivity index (χ1) is 9.22. The fourth-order valence-electron chi connectivity index (χ4n) is 2.76. The van der Waals surface area contributed by atoms with Crippen LogP contribution in [0.15, 0.2) is 6.20 Å². The van der Waals surface area contributed by atoms with Gasteiger partial charge in [-0.05, 0) is 34.6 Å². The van der Waals surface area contributed by atoms with Crippen LogP contribution in [-0.2, 0) is 4.74 Å². The van der Waals surface area contributed by atoms with Crippen LogP contribution in [0.25, 0.3) is 0 Å². The summed E-state index contributed by atoms with van der Waals surface area (Å²) in [4.78, 5) is 10.2. The Kier molecular flexibility index (Phi) is 3.86. The Morgan fingerprint density at radius 2 is 1.90 bits per heavy atom. The monoisotopic (exact) mass is 282 g/mol. The molecule has 20 heavy (non-hydrogen) atoms. The molecular formula is C14H23FN4O. The summed E-state index contributed by atoms with van der Waals surface area (Å²) in [5, 5.41) is 3.01. The zero-order valence-corrected chi connectivity index (χ0v) is 12.8. The van der Waals surface area contributed by atoms with Crippen molar-refractivity contribution in [1.82, 2.24) is 9.97 Å². The van der Waals surface area contributed by atoms with Gasteiger partial charge in [-0.2, -0.15) is 4.98 Å². The normalized spacial score (nSPS) is 20.8. The van der Waals surface area contributed by atoms with Crippen LogP contribution in [-0.4, -0.2) is 40.8 Å². The lowest BCUT2D eigenvalue weighted by molar-refractivity contribution is -0.133. The quantitative estimate of drug-likeness (QED) is 0.923. The average Bonchev–Trinajstić information content (AvgIpc) is 2.28. The minimum Gasteiger partial charge on any atom is -0.366 e. The lowest BCUT2D eigenvalue weighted by Gasteiger charge is -2.47. The highest BCUT2D eigenvalue weighted by molar-refractivity contribution is 5.45. The minimum atomic E-state index is -0.403. The van der Waals surface area contributed by atoms with E-state index in [4.69, 9.17) is 4.74 Å². The van der Waals surface area contributed by atoms with E-state index in [1.165, 1.54) is 6.20 Å². The molecule has 1 saturated heterocycles. The maximum absolute atomic E-state index is 14.1. The summed E-state index contributed by atoms with van der Waals surface area (Å²) in [5.74, 6) is 0.381. The Bertz CT molecular complexity index is 474. The molecule has 1 aromatic rings. The predicted molar refractivity (Wildman–Crippen MR) is 77.6 cm³/mol. The summed E-state index contributed by atoms with van der Waals surface area (Å²) in [6, 6.07) is 0. The zero-order valence-electron chi connectivity index (χ0n) is 12.8. The number of nitrogens with zero attached hydrogens (tertiary/aromatic N) is 3. The minimum absolute atomic E-state index is 0.334. The molecule has 1 aliphatic heterocycles. The van der Waals surface area contributed by atoms with Crippen LogP contribution >= 0.6 is 0 Å². The van der Waals surface area contributed by atoms with Crippen molar-refractivity contribution in [3.8, 4) is 0 Å². The summed E-state index contributed by atoms with van der Waals surface area (Å²) >= 11 is 0. The van der Waals surface area contributed by atoms with Gasteiger partial charge in [0.2, 0.25) is 5.95 Å². The van der Waals surface area contributed by atoms with Crippen molar-refractivity contribution in [2.24, 2.45) is 0 Å². The van der Waals surface area contributed by atoms with E-state index >= 15 is 0 Å². The molecule has 5 nitrogen and oxygen atoms in total. The van der Waals surface area contributed by atoms with Crippen LogP contribution in [0.4, 0.5) is 16.2 Å². The van der Waals surface area contributed by atoms with Gasteiger partial charge in [0.25, 0.3) is 0 Å². The molecule has 0 atom stereocenters. The van der Waals surface area contributed by atoms with Gasteiger partial charge in [0.15, 0.2) is 11.6 Å². The van der Waals surface area contributed by atoms with Gasteiger partial charge in [-0.25, -0.2) is 9.37 Å². The molecule has 112 valence electrons. The molecule has 0 aromatic carbocycles. The Morgan fingerprint density at radius 1 is 1.30 bits per heavy atom.